The molecular formula is C16H11Cl2N3. The zero-order valence-corrected chi connectivity index (χ0v) is 12.8. The Hall–Kier alpha value is -2.02. The van der Waals surface area contributed by atoms with Gasteiger partial charge in [0.15, 0.2) is 0 Å². The van der Waals surface area contributed by atoms with Crippen molar-refractivity contribution in [2.45, 2.75) is 12.8 Å². The molecular weight excluding hydrogens is 305 g/mol. The number of halogens is 2. The van der Waals surface area contributed by atoms with Gasteiger partial charge >= 0.3 is 0 Å². The van der Waals surface area contributed by atoms with E-state index in [0.717, 1.165) is 28.1 Å². The second kappa shape index (κ2) is 5.40. The third kappa shape index (κ3) is 2.27. The molecule has 5 heteroatoms. The van der Waals surface area contributed by atoms with Gasteiger partial charge in [-0.2, -0.15) is 5.26 Å². The minimum Gasteiger partial charge on any atom is -0.294 e. The highest BCUT2D eigenvalue weighted by atomic mass is 35.5. The van der Waals surface area contributed by atoms with Crippen LogP contribution in [0.3, 0.4) is 0 Å². The minimum absolute atomic E-state index is 0.282. The van der Waals surface area contributed by atoms with Crippen molar-refractivity contribution in [2.75, 3.05) is 0 Å². The van der Waals surface area contributed by atoms with E-state index in [2.05, 4.69) is 11.1 Å². The van der Waals surface area contributed by atoms with Crippen molar-refractivity contribution >= 4 is 34.2 Å². The average Bonchev–Trinajstić information content (AvgIpc) is 2.87. The van der Waals surface area contributed by atoms with Crippen LogP contribution in [0.4, 0.5) is 0 Å². The number of hydrogen-bond donors (Lipinski definition) is 0. The summed E-state index contributed by atoms with van der Waals surface area (Å²) in [5, 5.41) is 9.45. The Kier molecular flexibility index (Phi) is 3.59. The molecule has 0 radical (unpaired) electrons. The van der Waals surface area contributed by atoms with Gasteiger partial charge in [-0.25, -0.2) is 4.98 Å². The molecule has 0 bridgehead atoms. The molecule has 0 fully saturated rings. The lowest BCUT2D eigenvalue weighted by Crippen LogP contribution is -2.01. The molecule has 0 aliphatic carbocycles. The summed E-state index contributed by atoms with van der Waals surface area (Å²) < 4.78 is 1.96. The average molecular weight is 316 g/mol. The summed E-state index contributed by atoms with van der Waals surface area (Å²) in [5.74, 6) is 1.01. The number of hydrogen-bond acceptors (Lipinski definition) is 2. The van der Waals surface area contributed by atoms with Crippen LogP contribution in [0.2, 0.25) is 5.02 Å². The highest BCUT2D eigenvalue weighted by molar-refractivity contribution is 6.32. The first-order valence-corrected chi connectivity index (χ1v) is 7.30. The van der Waals surface area contributed by atoms with Crippen molar-refractivity contribution in [3.05, 3.63) is 58.4 Å². The number of fused-ring (bicyclic) bond motifs is 1. The van der Waals surface area contributed by atoms with Gasteiger partial charge in [0.2, 0.25) is 0 Å². The van der Waals surface area contributed by atoms with Crippen LogP contribution in [0, 0.1) is 18.3 Å². The zero-order chi connectivity index (χ0) is 15.0. The summed E-state index contributed by atoms with van der Waals surface area (Å²) >= 11 is 12.4. The standard InChI is InChI=1S/C16H11Cl2N3/c1-10-3-2-4-13-16(10)21(15(8-17)20-13)14-6-5-11(9-19)7-12(14)18/h2-7H,8H2,1H3. The molecule has 0 saturated heterocycles. The van der Waals surface area contributed by atoms with Gasteiger partial charge in [0, 0.05) is 0 Å². The lowest BCUT2D eigenvalue weighted by molar-refractivity contribution is 0.979. The van der Waals surface area contributed by atoms with Gasteiger partial charge in [-0.3, -0.25) is 4.57 Å². The molecule has 0 atom stereocenters. The molecule has 1 heterocycles. The Labute approximate surface area is 132 Å². The van der Waals surface area contributed by atoms with Crippen LogP contribution in [0.5, 0.6) is 0 Å². The maximum Gasteiger partial charge on any atom is 0.129 e. The molecule has 2 aromatic carbocycles. The molecule has 0 aliphatic rings. The SMILES string of the molecule is Cc1cccc2nc(CCl)n(-c3ccc(C#N)cc3Cl)c12. The molecule has 1 aromatic heterocycles. The third-order valence-electron chi connectivity index (χ3n) is 3.38. The lowest BCUT2D eigenvalue weighted by Gasteiger charge is -2.11. The van der Waals surface area contributed by atoms with Crippen LogP contribution >= 0.6 is 23.2 Å². The number of imidazole rings is 1. The van der Waals surface area contributed by atoms with E-state index in [1.54, 1.807) is 12.1 Å². The number of nitriles is 1. The molecule has 3 nitrogen and oxygen atoms in total. The highest BCUT2D eigenvalue weighted by Crippen LogP contribution is 2.30. The van der Waals surface area contributed by atoms with E-state index >= 15 is 0 Å². The van der Waals surface area contributed by atoms with E-state index in [1.165, 1.54) is 0 Å². The van der Waals surface area contributed by atoms with Gasteiger partial charge in [-0.05, 0) is 36.8 Å². The predicted octanol–water partition coefficient (Wildman–Crippen LogP) is 4.60. The fraction of sp³-hybridized carbons (Fsp3) is 0.125. The van der Waals surface area contributed by atoms with Crippen LogP contribution < -0.4 is 0 Å². The van der Waals surface area contributed by atoms with Gasteiger partial charge in [-0.15, -0.1) is 11.6 Å². The molecule has 21 heavy (non-hydrogen) atoms. The maximum atomic E-state index is 8.95. The second-order valence-corrected chi connectivity index (χ2v) is 5.39. The van der Waals surface area contributed by atoms with E-state index in [0.29, 0.717) is 10.6 Å². The normalized spacial score (nSPS) is 10.8. The topological polar surface area (TPSA) is 41.6 Å². The van der Waals surface area contributed by atoms with Crippen molar-refractivity contribution in [1.82, 2.24) is 9.55 Å². The van der Waals surface area contributed by atoms with Gasteiger partial charge in [0.1, 0.15) is 5.82 Å². The number of para-hydroxylation sites is 1. The molecule has 0 N–H and O–H groups in total. The fourth-order valence-electron chi connectivity index (χ4n) is 2.45. The smallest absolute Gasteiger partial charge is 0.129 e. The summed E-state index contributed by atoms with van der Waals surface area (Å²) in [7, 11) is 0. The van der Waals surface area contributed by atoms with E-state index in [1.807, 2.05) is 35.8 Å². The molecule has 104 valence electrons. The molecule has 3 rings (SSSR count). The predicted molar refractivity (Wildman–Crippen MR) is 85.1 cm³/mol. The third-order valence-corrected chi connectivity index (χ3v) is 3.93. The highest BCUT2D eigenvalue weighted by Gasteiger charge is 2.15. The lowest BCUT2D eigenvalue weighted by atomic mass is 10.2. The van der Waals surface area contributed by atoms with Crippen molar-refractivity contribution < 1.29 is 0 Å². The number of nitrogens with zero attached hydrogens (tertiary/aromatic N) is 3. The van der Waals surface area contributed by atoms with Gasteiger partial charge < -0.3 is 0 Å². The van der Waals surface area contributed by atoms with Crippen molar-refractivity contribution in [2.24, 2.45) is 0 Å². The van der Waals surface area contributed by atoms with E-state index in [4.69, 9.17) is 28.5 Å². The Bertz CT molecular complexity index is 875. The Balaban J connectivity index is 2.36. The summed E-state index contributed by atoms with van der Waals surface area (Å²) in [6.07, 6.45) is 0. The van der Waals surface area contributed by atoms with Crippen molar-refractivity contribution in [3.63, 3.8) is 0 Å². The first-order valence-electron chi connectivity index (χ1n) is 6.38. The van der Waals surface area contributed by atoms with Gasteiger partial charge in [-0.1, -0.05) is 23.7 Å². The largest absolute Gasteiger partial charge is 0.294 e. The van der Waals surface area contributed by atoms with Gasteiger partial charge in [0.05, 0.1) is 39.3 Å². The molecule has 0 spiro atoms. The molecule has 0 aliphatic heterocycles. The van der Waals surface area contributed by atoms with E-state index in [-0.39, 0.29) is 5.88 Å². The first-order chi connectivity index (χ1) is 10.2. The van der Waals surface area contributed by atoms with Crippen molar-refractivity contribution in [3.8, 4) is 11.8 Å². The molecule has 0 unspecified atom stereocenters. The summed E-state index contributed by atoms with van der Waals surface area (Å²) in [6, 6.07) is 13.2. The Morgan fingerprint density at radius 1 is 1.29 bits per heavy atom. The first kappa shape index (κ1) is 13.9. The molecule has 0 saturated carbocycles. The van der Waals surface area contributed by atoms with Gasteiger partial charge in [0.25, 0.3) is 0 Å². The zero-order valence-electron chi connectivity index (χ0n) is 11.3. The Morgan fingerprint density at radius 2 is 2.10 bits per heavy atom. The number of alkyl halides is 1. The quantitative estimate of drug-likeness (QED) is 0.648. The van der Waals surface area contributed by atoms with E-state index < -0.39 is 0 Å². The summed E-state index contributed by atoms with van der Waals surface area (Å²) in [6.45, 7) is 2.02. The number of benzene rings is 2. The van der Waals surface area contributed by atoms with Crippen LogP contribution in [0.15, 0.2) is 36.4 Å². The molecule has 3 aromatic rings. The molecule has 0 amide bonds. The Morgan fingerprint density at radius 3 is 2.76 bits per heavy atom. The van der Waals surface area contributed by atoms with Crippen LogP contribution in [-0.2, 0) is 5.88 Å². The van der Waals surface area contributed by atoms with Crippen LogP contribution in [0.25, 0.3) is 16.7 Å². The fourth-order valence-corrected chi connectivity index (χ4v) is 2.89. The number of aromatic nitrogens is 2. The number of rotatable bonds is 2. The van der Waals surface area contributed by atoms with E-state index in [9.17, 15) is 0 Å². The summed E-state index contributed by atoms with van der Waals surface area (Å²) in [5.41, 5.74) is 4.27. The van der Waals surface area contributed by atoms with Crippen molar-refractivity contribution in [1.29, 1.82) is 5.26 Å². The number of aryl methyl sites for hydroxylation is 1. The van der Waals surface area contributed by atoms with Crippen LogP contribution in [-0.4, -0.2) is 9.55 Å². The van der Waals surface area contributed by atoms with Crippen LogP contribution in [0.1, 0.15) is 17.0 Å². The monoisotopic (exact) mass is 315 g/mol. The minimum atomic E-state index is 0.282. The second-order valence-electron chi connectivity index (χ2n) is 4.72. The maximum absolute atomic E-state index is 8.95. The summed E-state index contributed by atoms with van der Waals surface area (Å²) in [4.78, 5) is 4.56.